The standard InChI is InChI=1S/C12H19N3O/c1-8-3-4-10(7-14-8)12(15-13)11-5-6-16-9(11)2/h3-4,7,9,11-12,15H,5-6,13H2,1-2H3. The van der Waals surface area contributed by atoms with E-state index in [1.54, 1.807) is 0 Å². The van der Waals surface area contributed by atoms with E-state index in [-0.39, 0.29) is 12.1 Å². The molecular weight excluding hydrogens is 202 g/mol. The summed E-state index contributed by atoms with van der Waals surface area (Å²) in [6.45, 7) is 4.91. The molecule has 1 fully saturated rings. The van der Waals surface area contributed by atoms with Crippen molar-refractivity contribution in [3.63, 3.8) is 0 Å². The molecular formula is C12H19N3O. The van der Waals surface area contributed by atoms with Gasteiger partial charge in [0, 0.05) is 24.4 Å². The quantitative estimate of drug-likeness (QED) is 0.597. The number of aromatic nitrogens is 1. The fourth-order valence-corrected chi connectivity index (χ4v) is 2.32. The van der Waals surface area contributed by atoms with Gasteiger partial charge in [-0.2, -0.15) is 0 Å². The van der Waals surface area contributed by atoms with E-state index >= 15 is 0 Å². The van der Waals surface area contributed by atoms with Crippen LogP contribution >= 0.6 is 0 Å². The Balaban J connectivity index is 2.18. The Labute approximate surface area is 96.2 Å². The van der Waals surface area contributed by atoms with Gasteiger partial charge in [0.1, 0.15) is 0 Å². The highest BCUT2D eigenvalue weighted by molar-refractivity contribution is 5.18. The second-order valence-corrected chi connectivity index (χ2v) is 4.41. The number of hydrazine groups is 1. The minimum absolute atomic E-state index is 0.130. The summed E-state index contributed by atoms with van der Waals surface area (Å²) in [5.74, 6) is 6.08. The Morgan fingerprint density at radius 2 is 2.38 bits per heavy atom. The number of nitrogens with one attached hydrogen (secondary N) is 1. The van der Waals surface area contributed by atoms with Crippen molar-refractivity contribution in [1.82, 2.24) is 10.4 Å². The van der Waals surface area contributed by atoms with E-state index in [0.717, 1.165) is 24.3 Å². The highest BCUT2D eigenvalue weighted by Crippen LogP contribution is 2.32. The third-order valence-electron chi connectivity index (χ3n) is 3.34. The van der Waals surface area contributed by atoms with Crippen molar-refractivity contribution in [3.8, 4) is 0 Å². The van der Waals surface area contributed by atoms with Crippen LogP contribution in [-0.4, -0.2) is 17.7 Å². The molecule has 88 valence electrons. The Morgan fingerprint density at radius 3 is 2.88 bits per heavy atom. The van der Waals surface area contributed by atoms with Crippen LogP contribution < -0.4 is 11.3 Å². The highest BCUT2D eigenvalue weighted by atomic mass is 16.5. The summed E-state index contributed by atoms with van der Waals surface area (Å²) in [6.07, 6.45) is 3.19. The van der Waals surface area contributed by atoms with Gasteiger partial charge in [0.25, 0.3) is 0 Å². The van der Waals surface area contributed by atoms with Crippen LogP contribution in [0.15, 0.2) is 18.3 Å². The van der Waals surface area contributed by atoms with Gasteiger partial charge in [-0.25, -0.2) is 0 Å². The molecule has 16 heavy (non-hydrogen) atoms. The van der Waals surface area contributed by atoms with Crippen molar-refractivity contribution in [2.45, 2.75) is 32.4 Å². The summed E-state index contributed by atoms with van der Waals surface area (Å²) >= 11 is 0. The van der Waals surface area contributed by atoms with E-state index in [1.165, 1.54) is 0 Å². The van der Waals surface area contributed by atoms with Crippen LogP contribution in [0.1, 0.15) is 30.6 Å². The van der Waals surface area contributed by atoms with Gasteiger partial charge < -0.3 is 4.74 Å². The Morgan fingerprint density at radius 1 is 1.56 bits per heavy atom. The minimum Gasteiger partial charge on any atom is -0.378 e. The smallest absolute Gasteiger partial charge is 0.0594 e. The molecule has 3 N–H and O–H groups in total. The van der Waals surface area contributed by atoms with Crippen molar-refractivity contribution < 1.29 is 4.74 Å². The number of ether oxygens (including phenoxy) is 1. The van der Waals surface area contributed by atoms with Crippen LogP contribution in [0.5, 0.6) is 0 Å². The van der Waals surface area contributed by atoms with Crippen LogP contribution in [0.4, 0.5) is 0 Å². The maximum Gasteiger partial charge on any atom is 0.0594 e. The molecule has 3 unspecified atom stereocenters. The van der Waals surface area contributed by atoms with Crippen LogP contribution in [0.3, 0.4) is 0 Å². The number of nitrogens with zero attached hydrogens (tertiary/aromatic N) is 1. The number of hydrogen-bond donors (Lipinski definition) is 2. The first kappa shape index (κ1) is 11.5. The van der Waals surface area contributed by atoms with E-state index in [1.807, 2.05) is 19.2 Å². The van der Waals surface area contributed by atoms with Gasteiger partial charge in [-0.1, -0.05) is 6.07 Å². The first-order chi connectivity index (χ1) is 7.72. The summed E-state index contributed by atoms with van der Waals surface area (Å²) < 4.78 is 5.58. The normalized spacial score (nSPS) is 26.9. The molecule has 2 rings (SSSR count). The lowest BCUT2D eigenvalue weighted by Gasteiger charge is -2.25. The van der Waals surface area contributed by atoms with Crippen molar-refractivity contribution in [2.75, 3.05) is 6.61 Å². The maximum atomic E-state index is 5.65. The monoisotopic (exact) mass is 221 g/mol. The number of rotatable bonds is 3. The number of aryl methyl sites for hydroxylation is 1. The zero-order valence-corrected chi connectivity index (χ0v) is 9.81. The SMILES string of the molecule is Cc1ccc(C(NN)C2CCOC2C)cn1. The third-order valence-corrected chi connectivity index (χ3v) is 3.34. The van der Waals surface area contributed by atoms with Gasteiger partial charge >= 0.3 is 0 Å². The molecule has 1 aliphatic heterocycles. The van der Waals surface area contributed by atoms with E-state index in [9.17, 15) is 0 Å². The second kappa shape index (κ2) is 4.91. The van der Waals surface area contributed by atoms with Gasteiger partial charge in [-0.15, -0.1) is 0 Å². The maximum absolute atomic E-state index is 5.65. The summed E-state index contributed by atoms with van der Waals surface area (Å²) in [5.41, 5.74) is 5.05. The second-order valence-electron chi connectivity index (χ2n) is 4.41. The molecule has 4 heteroatoms. The summed E-state index contributed by atoms with van der Waals surface area (Å²) in [5, 5.41) is 0. The molecule has 2 heterocycles. The molecule has 0 spiro atoms. The van der Waals surface area contributed by atoms with Crippen molar-refractivity contribution in [3.05, 3.63) is 29.6 Å². The van der Waals surface area contributed by atoms with Gasteiger partial charge in [0.05, 0.1) is 12.1 Å². The average molecular weight is 221 g/mol. The van der Waals surface area contributed by atoms with E-state index in [2.05, 4.69) is 23.4 Å². The largest absolute Gasteiger partial charge is 0.378 e. The third kappa shape index (κ3) is 2.24. The molecule has 1 aliphatic rings. The molecule has 0 aromatic carbocycles. The molecule has 0 amide bonds. The lowest BCUT2D eigenvalue weighted by Crippen LogP contribution is -2.36. The lowest BCUT2D eigenvalue weighted by molar-refractivity contribution is 0.0953. The van der Waals surface area contributed by atoms with Crippen LogP contribution in [0.25, 0.3) is 0 Å². The van der Waals surface area contributed by atoms with Gasteiger partial charge in [0.15, 0.2) is 0 Å². The van der Waals surface area contributed by atoms with Crippen molar-refractivity contribution >= 4 is 0 Å². The lowest BCUT2D eigenvalue weighted by atomic mass is 9.89. The van der Waals surface area contributed by atoms with Crippen molar-refractivity contribution in [2.24, 2.45) is 11.8 Å². The Hall–Kier alpha value is -0.970. The van der Waals surface area contributed by atoms with Gasteiger partial charge in [-0.05, 0) is 31.9 Å². The molecule has 3 atom stereocenters. The fourth-order valence-electron chi connectivity index (χ4n) is 2.32. The number of hydrogen-bond acceptors (Lipinski definition) is 4. The molecule has 0 aliphatic carbocycles. The minimum atomic E-state index is 0.130. The summed E-state index contributed by atoms with van der Waals surface area (Å²) in [4.78, 5) is 4.31. The summed E-state index contributed by atoms with van der Waals surface area (Å²) in [6, 6.07) is 4.23. The predicted octanol–water partition coefficient (Wildman–Crippen LogP) is 1.32. The molecule has 1 aromatic heterocycles. The fraction of sp³-hybridized carbons (Fsp3) is 0.583. The van der Waals surface area contributed by atoms with E-state index in [4.69, 9.17) is 10.6 Å². The van der Waals surface area contributed by atoms with Gasteiger partial charge in [-0.3, -0.25) is 16.3 Å². The zero-order chi connectivity index (χ0) is 11.5. The highest BCUT2D eigenvalue weighted by Gasteiger charge is 2.32. The molecule has 4 nitrogen and oxygen atoms in total. The Bertz CT molecular complexity index is 339. The molecule has 0 saturated carbocycles. The Kier molecular flexibility index (Phi) is 3.53. The van der Waals surface area contributed by atoms with E-state index in [0.29, 0.717) is 5.92 Å². The molecule has 1 aromatic rings. The van der Waals surface area contributed by atoms with Crippen LogP contribution in [0, 0.1) is 12.8 Å². The first-order valence-corrected chi connectivity index (χ1v) is 5.72. The van der Waals surface area contributed by atoms with E-state index < -0.39 is 0 Å². The number of pyridine rings is 1. The molecule has 0 radical (unpaired) electrons. The van der Waals surface area contributed by atoms with Crippen LogP contribution in [-0.2, 0) is 4.74 Å². The van der Waals surface area contributed by atoms with Gasteiger partial charge in [0.2, 0.25) is 0 Å². The zero-order valence-electron chi connectivity index (χ0n) is 9.81. The predicted molar refractivity (Wildman–Crippen MR) is 62.6 cm³/mol. The molecule has 0 bridgehead atoms. The number of nitrogens with two attached hydrogens (primary N) is 1. The first-order valence-electron chi connectivity index (χ1n) is 5.72. The average Bonchev–Trinajstić information content (AvgIpc) is 2.69. The molecule has 1 saturated heterocycles. The van der Waals surface area contributed by atoms with Crippen molar-refractivity contribution in [1.29, 1.82) is 0 Å². The van der Waals surface area contributed by atoms with Crippen LogP contribution in [0.2, 0.25) is 0 Å². The summed E-state index contributed by atoms with van der Waals surface area (Å²) in [7, 11) is 0. The topological polar surface area (TPSA) is 60.2 Å².